The number of hydrogen-bond donors (Lipinski definition) is 1. The second-order valence-electron chi connectivity index (χ2n) is 2.55. The van der Waals surface area contributed by atoms with Crippen LogP contribution in [-0.2, 0) is 4.79 Å². The summed E-state index contributed by atoms with van der Waals surface area (Å²) in [5.41, 5.74) is 0. The Morgan fingerprint density at radius 2 is 2.07 bits per heavy atom. The summed E-state index contributed by atoms with van der Waals surface area (Å²) in [5, 5.41) is 9.38. The number of rotatable bonds is 2. The second-order valence-corrected chi connectivity index (χ2v) is 3.71. The van der Waals surface area contributed by atoms with Crippen LogP contribution in [-0.4, -0.2) is 18.2 Å². The average Bonchev–Trinajstić information content (AvgIpc) is 2.09. The molecule has 0 bridgehead atoms. The zero-order chi connectivity index (χ0) is 10.7. The van der Waals surface area contributed by atoms with Crippen LogP contribution in [0.2, 0.25) is 0 Å². The molecule has 0 aliphatic heterocycles. The van der Waals surface area contributed by atoms with Crippen LogP contribution in [0.3, 0.4) is 0 Å². The van der Waals surface area contributed by atoms with Crippen LogP contribution >= 0.6 is 22.6 Å². The fourth-order valence-corrected chi connectivity index (χ4v) is 1.48. The number of methoxy groups -OCH3 is 1. The Morgan fingerprint density at radius 3 is 2.57 bits per heavy atom. The van der Waals surface area contributed by atoms with Crippen LogP contribution in [0.4, 0.5) is 0 Å². The lowest BCUT2D eigenvalue weighted by atomic mass is 10.3. The standard InChI is InChI=1S/C9H9IO4/c1-5(11)14-8-4-9(13-2)7(12)3-6(8)10/h3-4,12H,1-2H3. The molecule has 14 heavy (non-hydrogen) atoms. The van der Waals surface area contributed by atoms with E-state index in [4.69, 9.17) is 9.47 Å². The number of aromatic hydroxyl groups is 1. The Balaban J connectivity index is 3.10. The predicted molar refractivity (Wildman–Crippen MR) is 58.7 cm³/mol. The first-order valence-electron chi connectivity index (χ1n) is 3.79. The summed E-state index contributed by atoms with van der Waals surface area (Å²) in [6.45, 7) is 1.31. The van der Waals surface area contributed by atoms with Gasteiger partial charge in [0.1, 0.15) is 5.75 Å². The molecular formula is C9H9IO4. The van der Waals surface area contributed by atoms with Crippen LogP contribution in [0.15, 0.2) is 12.1 Å². The van der Waals surface area contributed by atoms with Gasteiger partial charge in [-0.2, -0.15) is 0 Å². The van der Waals surface area contributed by atoms with Crippen LogP contribution in [0.25, 0.3) is 0 Å². The lowest BCUT2D eigenvalue weighted by molar-refractivity contribution is -0.131. The molecule has 0 unspecified atom stereocenters. The number of ether oxygens (including phenoxy) is 2. The zero-order valence-electron chi connectivity index (χ0n) is 7.70. The number of phenols is 1. The van der Waals surface area contributed by atoms with E-state index < -0.39 is 5.97 Å². The molecule has 0 aliphatic carbocycles. The van der Waals surface area contributed by atoms with Crippen LogP contribution in [0.5, 0.6) is 17.2 Å². The van der Waals surface area contributed by atoms with Gasteiger partial charge in [-0.3, -0.25) is 4.79 Å². The maximum absolute atomic E-state index is 10.7. The first-order chi connectivity index (χ1) is 6.54. The summed E-state index contributed by atoms with van der Waals surface area (Å²) in [6.07, 6.45) is 0. The summed E-state index contributed by atoms with van der Waals surface area (Å²) in [6, 6.07) is 2.94. The van der Waals surface area contributed by atoms with E-state index in [0.717, 1.165) is 0 Å². The SMILES string of the molecule is COc1cc(OC(C)=O)c(I)cc1O. The third-order valence-corrected chi connectivity index (χ3v) is 2.33. The van der Waals surface area contributed by atoms with Gasteiger partial charge >= 0.3 is 5.97 Å². The molecule has 5 heteroatoms. The summed E-state index contributed by atoms with van der Waals surface area (Å²) in [4.78, 5) is 10.7. The number of carbonyl (C=O) groups excluding carboxylic acids is 1. The van der Waals surface area contributed by atoms with Crippen molar-refractivity contribution in [2.24, 2.45) is 0 Å². The van der Waals surface area contributed by atoms with Gasteiger partial charge < -0.3 is 14.6 Å². The van der Waals surface area contributed by atoms with E-state index in [1.807, 2.05) is 22.6 Å². The van der Waals surface area contributed by atoms with Crippen molar-refractivity contribution in [1.82, 2.24) is 0 Å². The number of halogens is 1. The molecule has 0 saturated heterocycles. The molecule has 1 aromatic rings. The molecule has 0 aromatic heterocycles. The van der Waals surface area contributed by atoms with Crippen LogP contribution in [0.1, 0.15) is 6.92 Å². The van der Waals surface area contributed by atoms with Gasteiger partial charge in [0.25, 0.3) is 0 Å². The molecule has 1 rings (SSSR count). The summed E-state index contributed by atoms with van der Waals surface area (Å²) in [7, 11) is 1.43. The molecule has 0 amide bonds. The highest BCUT2D eigenvalue weighted by atomic mass is 127. The minimum atomic E-state index is -0.407. The molecular weight excluding hydrogens is 299 g/mol. The van der Waals surface area contributed by atoms with Crippen molar-refractivity contribution in [2.75, 3.05) is 7.11 Å². The fraction of sp³-hybridized carbons (Fsp3) is 0.222. The molecule has 1 aromatic carbocycles. The van der Waals surface area contributed by atoms with Gasteiger partial charge in [0, 0.05) is 19.1 Å². The van der Waals surface area contributed by atoms with Crippen molar-refractivity contribution in [3.8, 4) is 17.2 Å². The van der Waals surface area contributed by atoms with E-state index in [9.17, 15) is 9.90 Å². The largest absolute Gasteiger partial charge is 0.504 e. The highest BCUT2D eigenvalue weighted by molar-refractivity contribution is 14.1. The summed E-state index contributed by atoms with van der Waals surface area (Å²) < 4.78 is 10.4. The van der Waals surface area contributed by atoms with E-state index >= 15 is 0 Å². The molecule has 1 N–H and O–H groups in total. The zero-order valence-corrected chi connectivity index (χ0v) is 9.86. The monoisotopic (exact) mass is 308 g/mol. The Labute approximate surface area is 95.0 Å². The molecule has 0 aliphatic rings. The molecule has 4 nitrogen and oxygen atoms in total. The maximum Gasteiger partial charge on any atom is 0.308 e. The molecule has 0 atom stereocenters. The van der Waals surface area contributed by atoms with Gasteiger partial charge in [-0.15, -0.1) is 0 Å². The van der Waals surface area contributed by atoms with Crippen molar-refractivity contribution in [3.63, 3.8) is 0 Å². The quantitative estimate of drug-likeness (QED) is 0.515. The summed E-state index contributed by atoms with van der Waals surface area (Å²) in [5.74, 6) is 0.276. The van der Waals surface area contributed by atoms with Gasteiger partial charge in [-0.25, -0.2) is 0 Å². The minimum absolute atomic E-state index is 0.0211. The molecule has 76 valence electrons. The highest BCUT2D eigenvalue weighted by Crippen LogP contribution is 2.34. The Hall–Kier alpha value is -0.980. The number of esters is 1. The lowest BCUT2D eigenvalue weighted by Crippen LogP contribution is -2.03. The minimum Gasteiger partial charge on any atom is -0.504 e. The van der Waals surface area contributed by atoms with Crippen LogP contribution in [0, 0.1) is 3.57 Å². The molecule has 0 spiro atoms. The van der Waals surface area contributed by atoms with E-state index in [1.54, 1.807) is 0 Å². The predicted octanol–water partition coefficient (Wildman–Crippen LogP) is 1.93. The number of phenolic OH excluding ortho intramolecular Hbond substituents is 1. The number of hydrogen-bond acceptors (Lipinski definition) is 4. The van der Waals surface area contributed by atoms with Crippen molar-refractivity contribution >= 4 is 28.6 Å². The van der Waals surface area contributed by atoms with Gasteiger partial charge in [0.05, 0.1) is 10.7 Å². The van der Waals surface area contributed by atoms with E-state index in [0.29, 0.717) is 9.32 Å². The van der Waals surface area contributed by atoms with Crippen molar-refractivity contribution in [1.29, 1.82) is 0 Å². The topological polar surface area (TPSA) is 55.8 Å². The maximum atomic E-state index is 10.7. The van der Waals surface area contributed by atoms with Gasteiger partial charge in [-0.1, -0.05) is 0 Å². The van der Waals surface area contributed by atoms with E-state index in [2.05, 4.69) is 0 Å². The lowest BCUT2D eigenvalue weighted by Gasteiger charge is -2.08. The third kappa shape index (κ3) is 2.50. The third-order valence-electron chi connectivity index (χ3n) is 1.49. The van der Waals surface area contributed by atoms with Crippen molar-refractivity contribution < 1.29 is 19.4 Å². The van der Waals surface area contributed by atoms with Crippen LogP contribution < -0.4 is 9.47 Å². The van der Waals surface area contributed by atoms with Crippen molar-refractivity contribution in [2.45, 2.75) is 6.92 Å². The van der Waals surface area contributed by atoms with Crippen molar-refractivity contribution in [3.05, 3.63) is 15.7 Å². The second kappa shape index (κ2) is 4.50. The molecule has 0 saturated carbocycles. The Bertz CT molecular complexity index is 362. The van der Waals surface area contributed by atoms with E-state index in [-0.39, 0.29) is 11.5 Å². The molecule has 0 radical (unpaired) electrons. The normalized spacial score (nSPS) is 9.64. The fourth-order valence-electron chi connectivity index (χ4n) is 0.921. The highest BCUT2D eigenvalue weighted by Gasteiger charge is 2.10. The first-order valence-corrected chi connectivity index (χ1v) is 4.87. The van der Waals surface area contributed by atoms with E-state index in [1.165, 1.54) is 26.2 Å². The molecule has 0 heterocycles. The average molecular weight is 308 g/mol. The summed E-state index contributed by atoms with van der Waals surface area (Å²) >= 11 is 1.96. The number of carbonyl (C=O) groups is 1. The number of benzene rings is 1. The first kappa shape index (κ1) is 11.1. The Morgan fingerprint density at radius 1 is 1.43 bits per heavy atom. The molecule has 0 fully saturated rings. The van der Waals surface area contributed by atoms with Gasteiger partial charge in [0.2, 0.25) is 0 Å². The van der Waals surface area contributed by atoms with Gasteiger partial charge in [-0.05, 0) is 22.6 Å². The van der Waals surface area contributed by atoms with Gasteiger partial charge in [0.15, 0.2) is 11.5 Å². The smallest absolute Gasteiger partial charge is 0.308 e. The Kier molecular flexibility index (Phi) is 3.56.